The third-order valence-corrected chi connectivity index (χ3v) is 5.13. The number of hydrogen-bond acceptors (Lipinski definition) is 4. The van der Waals surface area contributed by atoms with Gasteiger partial charge in [0.1, 0.15) is 17.6 Å². The first kappa shape index (κ1) is 16.4. The van der Waals surface area contributed by atoms with Crippen LogP contribution in [0.1, 0.15) is 16.7 Å². The monoisotopic (exact) mass is 360 g/mol. The molecule has 0 aromatic heterocycles. The van der Waals surface area contributed by atoms with E-state index < -0.39 is 11.9 Å². The average molecular weight is 360 g/mol. The van der Waals surface area contributed by atoms with Crippen molar-refractivity contribution < 1.29 is 18.9 Å². The minimum atomic E-state index is -0.804. The van der Waals surface area contributed by atoms with Crippen LogP contribution in [0.3, 0.4) is 0 Å². The Hall–Kier alpha value is -2.82. The van der Waals surface area contributed by atoms with Crippen molar-refractivity contribution in [3.05, 3.63) is 95.6 Å². The minimum absolute atomic E-state index is 0.0490. The van der Waals surface area contributed by atoms with Crippen molar-refractivity contribution in [1.29, 1.82) is 0 Å². The molecule has 4 nitrogen and oxygen atoms in total. The van der Waals surface area contributed by atoms with Gasteiger partial charge in [0.2, 0.25) is 6.29 Å². The maximum absolute atomic E-state index is 6.69. The van der Waals surface area contributed by atoms with Crippen LogP contribution in [0.25, 0.3) is 0 Å². The van der Waals surface area contributed by atoms with Crippen LogP contribution in [0, 0.1) is 0 Å². The van der Waals surface area contributed by atoms with Crippen molar-refractivity contribution in [2.45, 2.75) is 18.0 Å². The minimum Gasteiger partial charge on any atom is -0.497 e. The fraction of sp³-hybridized carbons (Fsp3) is 0.217. The summed E-state index contributed by atoms with van der Waals surface area (Å²) in [6, 6.07) is 26.4. The van der Waals surface area contributed by atoms with Crippen molar-refractivity contribution >= 4 is 0 Å². The van der Waals surface area contributed by atoms with Crippen LogP contribution in [0.5, 0.6) is 11.5 Å². The van der Waals surface area contributed by atoms with Gasteiger partial charge in [-0.15, -0.1) is 0 Å². The van der Waals surface area contributed by atoms with E-state index in [1.165, 1.54) is 0 Å². The first-order valence-corrected chi connectivity index (χ1v) is 9.07. The van der Waals surface area contributed by atoms with Crippen LogP contribution in [0.2, 0.25) is 0 Å². The third kappa shape index (κ3) is 2.69. The van der Waals surface area contributed by atoms with Gasteiger partial charge >= 0.3 is 0 Å². The zero-order valence-electron chi connectivity index (χ0n) is 15.0. The second kappa shape index (κ2) is 6.41. The second-order valence-electron chi connectivity index (χ2n) is 6.75. The normalized spacial score (nSPS) is 22.4. The Labute approximate surface area is 158 Å². The number of epoxide rings is 1. The zero-order chi connectivity index (χ0) is 18.3. The van der Waals surface area contributed by atoms with E-state index in [9.17, 15) is 0 Å². The Bertz CT molecular complexity index is 896. The molecule has 2 atom stereocenters. The van der Waals surface area contributed by atoms with E-state index in [4.69, 9.17) is 18.9 Å². The Morgan fingerprint density at radius 2 is 1.52 bits per heavy atom. The topological polar surface area (TPSA) is 40.2 Å². The molecule has 3 aromatic rings. The van der Waals surface area contributed by atoms with Gasteiger partial charge in [-0.2, -0.15) is 0 Å². The van der Waals surface area contributed by atoms with Gasteiger partial charge in [0.15, 0.2) is 5.60 Å². The van der Waals surface area contributed by atoms with Crippen molar-refractivity contribution in [3.63, 3.8) is 0 Å². The molecule has 0 bridgehead atoms. The van der Waals surface area contributed by atoms with Crippen molar-refractivity contribution in [3.8, 4) is 11.5 Å². The molecule has 2 unspecified atom stereocenters. The number of rotatable bonds is 4. The van der Waals surface area contributed by atoms with E-state index in [1.807, 2.05) is 54.6 Å². The fourth-order valence-corrected chi connectivity index (χ4v) is 3.72. The van der Waals surface area contributed by atoms with Gasteiger partial charge in [0, 0.05) is 5.56 Å². The van der Waals surface area contributed by atoms with E-state index in [2.05, 4.69) is 24.3 Å². The summed E-state index contributed by atoms with van der Waals surface area (Å²) in [4.78, 5) is 0. The Morgan fingerprint density at radius 3 is 2.07 bits per heavy atom. The maximum Gasteiger partial charge on any atom is 0.230 e. The molecule has 27 heavy (non-hydrogen) atoms. The lowest BCUT2D eigenvalue weighted by molar-refractivity contribution is -0.172. The summed E-state index contributed by atoms with van der Waals surface area (Å²) >= 11 is 0. The van der Waals surface area contributed by atoms with Gasteiger partial charge in [0.25, 0.3) is 0 Å². The molecule has 1 saturated heterocycles. The molecule has 0 aliphatic carbocycles. The molecule has 136 valence electrons. The summed E-state index contributed by atoms with van der Waals surface area (Å²) < 4.78 is 23.8. The average Bonchev–Trinajstić information content (AvgIpc) is 3.59. The summed E-state index contributed by atoms with van der Waals surface area (Å²) in [5, 5.41) is 0. The van der Waals surface area contributed by atoms with Gasteiger partial charge in [-0.3, -0.25) is 0 Å². The molecule has 1 fully saturated rings. The molecule has 2 aliphatic rings. The number of benzene rings is 3. The Kier molecular flexibility index (Phi) is 3.88. The third-order valence-electron chi connectivity index (χ3n) is 5.13. The zero-order valence-corrected chi connectivity index (χ0v) is 15.0. The Balaban J connectivity index is 1.80. The highest BCUT2D eigenvalue weighted by Crippen LogP contribution is 2.50. The number of hydrogen-bond donors (Lipinski definition) is 0. The van der Waals surface area contributed by atoms with E-state index in [0.29, 0.717) is 6.61 Å². The molecule has 0 radical (unpaired) electrons. The number of methoxy groups -OCH3 is 1. The lowest BCUT2D eigenvalue weighted by Gasteiger charge is -2.43. The van der Waals surface area contributed by atoms with E-state index >= 15 is 0 Å². The molecule has 3 aromatic carbocycles. The molecule has 5 rings (SSSR count). The molecule has 0 N–H and O–H groups in total. The van der Waals surface area contributed by atoms with E-state index in [0.717, 1.165) is 28.2 Å². The van der Waals surface area contributed by atoms with Crippen LogP contribution in [0.15, 0.2) is 78.9 Å². The quantitative estimate of drug-likeness (QED) is 0.656. The molecule has 0 amide bonds. The fourth-order valence-electron chi connectivity index (χ4n) is 3.72. The lowest BCUT2D eigenvalue weighted by atomic mass is 9.79. The van der Waals surface area contributed by atoms with Crippen LogP contribution in [0.4, 0.5) is 0 Å². The Morgan fingerprint density at radius 1 is 0.889 bits per heavy atom. The molecule has 4 heteroatoms. The first-order valence-electron chi connectivity index (χ1n) is 9.07. The predicted octanol–water partition coefficient (Wildman–Crippen LogP) is 4.12. The van der Waals surface area contributed by atoms with Gasteiger partial charge in [0.05, 0.1) is 13.7 Å². The van der Waals surface area contributed by atoms with Gasteiger partial charge < -0.3 is 18.9 Å². The number of ether oxygens (including phenoxy) is 4. The van der Waals surface area contributed by atoms with E-state index in [-0.39, 0.29) is 6.10 Å². The summed E-state index contributed by atoms with van der Waals surface area (Å²) in [6.07, 6.45) is -0.515. The molecule has 2 heterocycles. The summed E-state index contributed by atoms with van der Waals surface area (Å²) in [6.45, 7) is 0.649. The van der Waals surface area contributed by atoms with Crippen LogP contribution in [-0.2, 0) is 15.1 Å². The smallest absolute Gasteiger partial charge is 0.230 e. The highest BCUT2D eigenvalue weighted by atomic mass is 16.7. The SMILES string of the molecule is COc1ccc2c(c1)C(c1ccccc1)(c1ccccc1)OC(C1CO1)O2. The first-order chi connectivity index (χ1) is 13.3. The van der Waals surface area contributed by atoms with Crippen molar-refractivity contribution in [2.24, 2.45) is 0 Å². The second-order valence-corrected chi connectivity index (χ2v) is 6.75. The van der Waals surface area contributed by atoms with Crippen LogP contribution in [-0.4, -0.2) is 26.1 Å². The summed E-state index contributed by atoms with van der Waals surface area (Å²) in [5.74, 6) is 1.55. The highest BCUT2D eigenvalue weighted by molar-refractivity contribution is 5.56. The molecular weight excluding hydrogens is 340 g/mol. The summed E-state index contributed by atoms with van der Waals surface area (Å²) in [7, 11) is 1.67. The number of fused-ring (bicyclic) bond motifs is 1. The van der Waals surface area contributed by atoms with E-state index in [1.54, 1.807) is 7.11 Å². The lowest BCUT2D eigenvalue weighted by Crippen LogP contribution is -2.45. The molecular formula is C23H20O4. The molecule has 0 saturated carbocycles. The summed E-state index contributed by atoms with van der Waals surface area (Å²) in [5.41, 5.74) is 2.21. The largest absolute Gasteiger partial charge is 0.497 e. The van der Waals surface area contributed by atoms with Crippen molar-refractivity contribution in [2.75, 3.05) is 13.7 Å². The van der Waals surface area contributed by atoms with Gasteiger partial charge in [-0.05, 0) is 29.3 Å². The standard InChI is InChI=1S/C23H20O4/c1-24-18-12-13-20-19(14-18)23(16-8-4-2-5-9-16,17-10-6-3-7-11-17)27-22(26-20)21-15-25-21/h2-14,21-22H,15H2,1H3. The molecule has 0 spiro atoms. The molecule has 2 aliphatic heterocycles. The van der Waals surface area contributed by atoms with Crippen LogP contribution < -0.4 is 9.47 Å². The maximum atomic E-state index is 6.69. The van der Waals surface area contributed by atoms with Crippen molar-refractivity contribution in [1.82, 2.24) is 0 Å². The van der Waals surface area contributed by atoms with Gasteiger partial charge in [-0.25, -0.2) is 0 Å². The van der Waals surface area contributed by atoms with Gasteiger partial charge in [-0.1, -0.05) is 60.7 Å². The van der Waals surface area contributed by atoms with Crippen LogP contribution >= 0.6 is 0 Å². The highest BCUT2D eigenvalue weighted by Gasteiger charge is 2.50. The predicted molar refractivity (Wildman–Crippen MR) is 101 cm³/mol.